The molecule has 13 heteroatoms. The summed E-state index contributed by atoms with van der Waals surface area (Å²) >= 11 is 3.11. The summed E-state index contributed by atoms with van der Waals surface area (Å²) in [6, 6.07) is 20.2. The number of carbonyl (C=O) groups excluding carboxylic acids is 1. The second-order valence-corrected chi connectivity index (χ2v) is 12.0. The molecule has 5 rings (SSSR count). The van der Waals surface area contributed by atoms with Gasteiger partial charge in [0.2, 0.25) is 5.17 Å². The molecule has 0 spiro atoms. The van der Waals surface area contributed by atoms with E-state index in [0.717, 1.165) is 11.8 Å². The van der Waals surface area contributed by atoms with Crippen LogP contribution in [0.3, 0.4) is 0 Å². The molecule has 204 valence electrons. The maximum Gasteiger partial charge on any atom is 0.339 e. The molecule has 0 fully saturated rings. The van der Waals surface area contributed by atoms with Gasteiger partial charge in [0, 0.05) is 0 Å². The van der Waals surface area contributed by atoms with E-state index < -0.39 is 16.0 Å². The van der Waals surface area contributed by atoms with E-state index >= 15 is 0 Å². The van der Waals surface area contributed by atoms with E-state index in [0.29, 0.717) is 19.9 Å². The summed E-state index contributed by atoms with van der Waals surface area (Å²) in [5, 5.41) is 15.2. The molecule has 10 nitrogen and oxygen atoms in total. The summed E-state index contributed by atoms with van der Waals surface area (Å²) in [5.74, 6) is 0.145. The summed E-state index contributed by atoms with van der Waals surface area (Å²) in [7, 11) is -4.11. The number of hydrazone groups is 1. The van der Waals surface area contributed by atoms with Gasteiger partial charge in [-0.15, -0.1) is 0 Å². The van der Waals surface area contributed by atoms with Crippen LogP contribution in [0.2, 0.25) is 0 Å². The van der Waals surface area contributed by atoms with Gasteiger partial charge in [0.25, 0.3) is 5.91 Å². The molecule has 0 unspecified atom stereocenters. The Labute approximate surface area is 248 Å². The lowest BCUT2D eigenvalue weighted by Gasteiger charge is -2.20. The van der Waals surface area contributed by atoms with E-state index in [2.05, 4.69) is 10.1 Å². The zero-order chi connectivity index (χ0) is 28.3. The number of nitrogens with one attached hydrogen (secondary N) is 1. The minimum Gasteiger partial charge on any atom is -0.490 e. The van der Waals surface area contributed by atoms with E-state index in [-0.39, 0.29) is 46.2 Å². The number of carbonyl (C=O) groups is 1. The summed E-state index contributed by atoms with van der Waals surface area (Å²) in [6.07, 6.45) is 1.49. The van der Waals surface area contributed by atoms with Crippen LogP contribution in [0.5, 0.6) is 17.2 Å². The first-order valence-corrected chi connectivity index (χ1v) is 15.2. The van der Waals surface area contributed by atoms with Gasteiger partial charge < -0.3 is 13.7 Å². The lowest BCUT2D eigenvalue weighted by molar-refractivity contribution is -0.114. The van der Waals surface area contributed by atoms with E-state index in [9.17, 15) is 13.2 Å². The zero-order valence-electron chi connectivity index (χ0n) is 20.9. The van der Waals surface area contributed by atoms with Gasteiger partial charge in [-0.05, 0) is 89.3 Å². The number of halogens is 1. The molecule has 0 radical (unpaired) electrons. The van der Waals surface area contributed by atoms with Gasteiger partial charge in [0.05, 0.1) is 15.8 Å². The fourth-order valence-corrected chi connectivity index (χ4v) is 6.34. The molecule has 0 saturated carbocycles. The Balaban J connectivity index is 1.40. The maximum absolute atomic E-state index is 12.9. The molecule has 2 heterocycles. The third kappa shape index (κ3) is 6.05. The van der Waals surface area contributed by atoms with Gasteiger partial charge in [0.15, 0.2) is 17.3 Å². The summed E-state index contributed by atoms with van der Waals surface area (Å²) in [6.45, 7) is 2.16. The van der Waals surface area contributed by atoms with Crippen LogP contribution in [-0.2, 0) is 14.9 Å². The van der Waals surface area contributed by atoms with Gasteiger partial charge in [-0.3, -0.25) is 10.2 Å². The Morgan fingerprint density at radius 1 is 1.05 bits per heavy atom. The van der Waals surface area contributed by atoms with Crippen LogP contribution >= 0.6 is 34.4 Å². The second-order valence-electron chi connectivity index (χ2n) is 8.23. The Morgan fingerprint density at radius 2 is 1.75 bits per heavy atom. The SMILES string of the molecule is CCOc1cc(/C=C2/C(=N)N3N=C(COc4ccccc4)SC3=NC2=O)cc(I)c1OS(=O)(=O)c1ccccc1. The molecule has 0 bridgehead atoms. The fourth-order valence-electron chi connectivity index (χ4n) is 3.68. The number of para-hydroxylation sites is 1. The van der Waals surface area contributed by atoms with Gasteiger partial charge in [-0.2, -0.15) is 23.5 Å². The molecular formula is C27H21IN4O6S2. The number of ether oxygens (including phenoxy) is 2. The molecule has 2 aliphatic rings. The Kier molecular flexibility index (Phi) is 8.23. The monoisotopic (exact) mass is 688 g/mol. The topological polar surface area (TPSA) is 131 Å². The van der Waals surface area contributed by atoms with Crippen molar-refractivity contribution in [1.29, 1.82) is 5.41 Å². The number of rotatable bonds is 9. The number of amidine groups is 2. The molecule has 1 amide bonds. The third-order valence-electron chi connectivity index (χ3n) is 5.47. The number of aliphatic imine (C=N–C) groups is 1. The van der Waals surface area contributed by atoms with E-state index in [1.165, 1.54) is 23.2 Å². The minimum absolute atomic E-state index is 0.00642. The van der Waals surface area contributed by atoms with Crippen molar-refractivity contribution in [2.24, 2.45) is 10.1 Å². The van der Waals surface area contributed by atoms with Crippen molar-refractivity contribution in [3.63, 3.8) is 0 Å². The van der Waals surface area contributed by atoms with Crippen LogP contribution < -0.4 is 13.7 Å². The first kappa shape index (κ1) is 27.9. The number of nitrogens with zero attached hydrogens (tertiary/aromatic N) is 3. The minimum atomic E-state index is -4.11. The zero-order valence-corrected chi connectivity index (χ0v) is 24.7. The highest BCUT2D eigenvalue weighted by Crippen LogP contribution is 2.37. The lowest BCUT2D eigenvalue weighted by Crippen LogP contribution is -2.35. The van der Waals surface area contributed by atoms with E-state index in [1.54, 1.807) is 37.3 Å². The molecule has 1 N–H and O–H groups in total. The Bertz CT molecular complexity index is 1680. The molecule has 0 saturated heterocycles. The average molecular weight is 689 g/mol. The predicted octanol–water partition coefficient (Wildman–Crippen LogP) is 5.16. The van der Waals surface area contributed by atoms with Crippen LogP contribution in [0.1, 0.15) is 12.5 Å². The van der Waals surface area contributed by atoms with Crippen molar-refractivity contribution in [2.75, 3.05) is 13.2 Å². The number of amides is 1. The largest absolute Gasteiger partial charge is 0.490 e. The van der Waals surface area contributed by atoms with E-state index in [1.807, 2.05) is 52.9 Å². The van der Waals surface area contributed by atoms with Crippen LogP contribution in [0.25, 0.3) is 6.08 Å². The van der Waals surface area contributed by atoms with Crippen molar-refractivity contribution in [3.8, 4) is 17.2 Å². The van der Waals surface area contributed by atoms with Crippen LogP contribution in [0, 0.1) is 8.98 Å². The predicted molar refractivity (Wildman–Crippen MR) is 162 cm³/mol. The van der Waals surface area contributed by atoms with E-state index in [4.69, 9.17) is 19.1 Å². The Morgan fingerprint density at radius 3 is 2.45 bits per heavy atom. The van der Waals surface area contributed by atoms with Crippen molar-refractivity contribution in [2.45, 2.75) is 11.8 Å². The highest BCUT2D eigenvalue weighted by molar-refractivity contribution is 14.1. The lowest BCUT2D eigenvalue weighted by atomic mass is 10.1. The first-order valence-electron chi connectivity index (χ1n) is 11.9. The number of benzene rings is 3. The molecule has 3 aromatic carbocycles. The summed E-state index contributed by atoms with van der Waals surface area (Å²) in [5.41, 5.74) is 0.509. The van der Waals surface area contributed by atoms with Crippen LogP contribution in [-0.4, -0.2) is 48.6 Å². The van der Waals surface area contributed by atoms with Gasteiger partial charge in [-0.25, -0.2) is 0 Å². The quantitative estimate of drug-likeness (QED) is 0.186. The van der Waals surface area contributed by atoms with Crippen molar-refractivity contribution in [3.05, 3.63) is 87.5 Å². The second kappa shape index (κ2) is 11.8. The molecular weight excluding hydrogens is 667 g/mol. The summed E-state index contributed by atoms with van der Waals surface area (Å²) in [4.78, 5) is 17.0. The van der Waals surface area contributed by atoms with Crippen molar-refractivity contribution < 1.29 is 26.9 Å². The van der Waals surface area contributed by atoms with Crippen molar-refractivity contribution >= 4 is 72.5 Å². The molecule has 3 aromatic rings. The van der Waals surface area contributed by atoms with Crippen LogP contribution in [0.15, 0.2) is 93.4 Å². The molecule has 0 atom stereocenters. The highest BCUT2D eigenvalue weighted by Gasteiger charge is 2.36. The average Bonchev–Trinajstić information content (AvgIpc) is 3.36. The van der Waals surface area contributed by atoms with Crippen molar-refractivity contribution in [1.82, 2.24) is 5.01 Å². The number of hydrogen-bond donors (Lipinski definition) is 1. The third-order valence-corrected chi connectivity index (χ3v) is 8.39. The number of thioether (sulfide) groups is 1. The van der Waals surface area contributed by atoms with Gasteiger partial charge >= 0.3 is 10.1 Å². The molecule has 0 aromatic heterocycles. The number of fused-ring (bicyclic) bond motifs is 1. The standard InChI is InChI=1S/C27H21IN4O6S2/c1-2-36-22-15-17(14-21(28)24(22)38-40(34,35)19-11-7-4-8-12-19)13-20-25(29)32-27(30-26(20)33)39-23(31-32)16-37-18-9-5-3-6-10-18/h3-15,29H,2,16H2,1H3/b20-13-,29-25?. The molecule has 2 aliphatic heterocycles. The maximum atomic E-state index is 12.9. The first-order chi connectivity index (χ1) is 19.2. The highest BCUT2D eigenvalue weighted by atomic mass is 127. The smallest absolute Gasteiger partial charge is 0.339 e. The van der Waals surface area contributed by atoms with Crippen LogP contribution in [0.4, 0.5) is 0 Å². The molecule has 40 heavy (non-hydrogen) atoms. The normalized spacial score (nSPS) is 15.9. The fraction of sp³-hybridized carbons (Fsp3) is 0.111. The van der Waals surface area contributed by atoms with Gasteiger partial charge in [0.1, 0.15) is 22.3 Å². The Hall–Kier alpha value is -3.69. The summed E-state index contributed by atoms with van der Waals surface area (Å²) < 4.78 is 43.0. The van der Waals surface area contributed by atoms with Gasteiger partial charge in [-0.1, -0.05) is 36.4 Å². The molecule has 0 aliphatic carbocycles. The number of hydrogen-bond acceptors (Lipinski definition) is 9.